The number of amides is 1. The third-order valence-electron chi connectivity index (χ3n) is 6.01. The quantitative estimate of drug-likeness (QED) is 0.292. The molecule has 0 aliphatic carbocycles. The van der Waals surface area contributed by atoms with Gasteiger partial charge in [-0.15, -0.1) is 0 Å². The summed E-state index contributed by atoms with van der Waals surface area (Å²) in [6.45, 7) is 2.59. The van der Waals surface area contributed by atoms with Crippen molar-refractivity contribution in [1.29, 1.82) is 0 Å². The van der Waals surface area contributed by atoms with Crippen LogP contribution in [0.3, 0.4) is 0 Å². The van der Waals surface area contributed by atoms with Crippen molar-refractivity contribution in [3.63, 3.8) is 0 Å². The second-order valence-electron chi connectivity index (χ2n) is 8.72. The Balaban J connectivity index is 1.52. The number of methoxy groups -OCH3 is 1. The molecule has 3 aromatic heterocycles. The number of pyridine rings is 2. The Bertz CT molecular complexity index is 1580. The molecular weight excluding hydrogens is 469 g/mol. The van der Waals surface area contributed by atoms with Gasteiger partial charge in [-0.1, -0.05) is 24.3 Å². The summed E-state index contributed by atoms with van der Waals surface area (Å²) in [5.74, 6) is -0.379. The normalized spacial score (nSPS) is 11.1. The predicted octanol–water partition coefficient (Wildman–Crippen LogP) is 5.10. The molecule has 0 aliphatic heterocycles. The summed E-state index contributed by atoms with van der Waals surface area (Å²) in [6.07, 6.45) is 2.15. The van der Waals surface area contributed by atoms with Crippen molar-refractivity contribution in [3.8, 4) is 22.6 Å². The van der Waals surface area contributed by atoms with Gasteiger partial charge in [0.15, 0.2) is 0 Å². The molecule has 2 N–H and O–H groups in total. The van der Waals surface area contributed by atoms with E-state index < -0.39 is 11.7 Å². The zero-order valence-electron chi connectivity index (χ0n) is 20.6. The molecule has 0 aliphatic rings. The van der Waals surface area contributed by atoms with Crippen LogP contribution in [-0.2, 0) is 11.2 Å². The smallest absolute Gasteiger partial charge is 0.254 e. The average molecular weight is 496 g/mol. The number of rotatable bonds is 8. The van der Waals surface area contributed by atoms with Crippen molar-refractivity contribution < 1.29 is 13.9 Å². The molecule has 186 valence electrons. The number of aromatic amines is 1. The van der Waals surface area contributed by atoms with E-state index in [1.54, 1.807) is 25.4 Å². The molecule has 5 rings (SSSR count). The van der Waals surface area contributed by atoms with Crippen molar-refractivity contribution >= 4 is 16.8 Å². The summed E-state index contributed by atoms with van der Waals surface area (Å²) in [5.41, 5.74) is 5.80. The highest BCUT2D eigenvalue weighted by Crippen LogP contribution is 2.31. The van der Waals surface area contributed by atoms with Crippen LogP contribution in [0.4, 0.5) is 4.39 Å². The van der Waals surface area contributed by atoms with E-state index in [9.17, 15) is 9.18 Å². The molecule has 37 heavy (non-hydrogen) atoms. The molecule has 0 saturated heterocycles. The maximum Gasteiger partial charge on any atom is 0.254 e. The average Bonchev–Trinajstić information content (AvgIpc) is 3.33. The number of carbonyl (C=O) groups excluding carboxylic acids is 1. The first-order valence-electron chi connectivity index (χ1n) is 12.0. The van der Waals surface area contributed by atoms with Crippen molar-refractivity contribution in [2.45, 2.75) is 13.3 Å². The zero-order chi connectivity index (χ0) is 25.8. The van der Waals surface area contributed by atoms with Crippen LogP contribution in [0.15, 0.2) is 72.9 Å². The lowest BCUT2D eigenvalue weighted by Crippen LogP contribution is -2.27. The molecule has 3 heterocycles. The van der Waals surface area contributed by atoms with Crippen LogP contribution in [0.25, 0.3) is 33.5 Å². The minimum absolute atomic E-state index is 0.0111. The predicted molar refractivity (Wildman–Crippen MR) is 141 cm³/mol. The second-order valence-corrected chi connectivity index (χ2v) is 8.72. The van der Waals surface area contributed by atoms with Gasteiger partial charge in [-0.3, -0.25) is 14.8 Å². The topological polar surface area (TPSA) is 92.8 Å². The lowest BCUT2D eigenvalue weighted by atomic mass is 10.1. The summed E-state index contributed by atoms with van der Waals surface area (Å²) >= 11 is 0. The first-order chi connectivity index (χ1) is 18.0. The van der Waals surface area contributed by atoms with E-state index in [1.165, 1.54) is 6.07 Å². The summed E-state index contributed by atoms with van der Waals surface area (Å²) in [5, 5.41) is 3.68. The van der Waals surface area contributed by atoms with Gasteiger partial charge < -0.3 is 15.0 Å². The van der Waals surface area contributed by atoms with Gasteiger partial charge in [0.05, 0.1) is 34.8 Å². The van der Waals surface area contributed by atoms with Crippen molar-refractivity contribution in [3.05, 3.63) is 101 Å². The van der Waals surface area contributed by atoms with Gasteiger partial charge in [0.2, 0.25) is 0 Å². The molecule has 0 unspecified atom stereocenters. The Labute approximate surface area is 213 Å². The van der Waals surface area contributed by atoms with Gasteiger partial charge in [0, 0.05) is 42.9 Å². The summed E-state index contributed by atoms with van der Waals surface area (Å²) in [6, 6.07) is 20.3. The van der Waals surface area contributed by atoms with E-state index in [0.717, 1.165) is 44.8 Å². The van der Waals surface area contributed by atoms with Crippen LogP contribution in [-0.4, -0.2) is 46.1 Å². The van der Waals surface area contributed by atoms with Gasteiger partial charge in [0.25, 0.3) is 5.91 Å². The number of H-pyrrole nitrogens is 1. The Morgan fingerprint density at radius 1 is 1.05 bits per heavy atom. The number of carbonyl (C=O) groups is 1. The number of hydrogen-bond donors (Lipinski definition) is 2. The van der Waals surface area contributed by atoms with Gasteiger partial charge in [-0.2, -0.15) is 0 Å². The molecular formula is C29H26FN5O2. The van der Waals surface area contributed by atoms with Crippen LogP contribution in [0.1, 0.15) is 27.4 Å². The number of fused-ring (bicyclic) bond motifs is 1. The largest absolute Gasteiger partial charge is 0.383 e. The Kier molecular flexibility index (Phi) is 7.00. The van der Waals surface area contributed by atoms with E-state index in [-0.39, 0.29) is 5.56 Å². The lowest BCUT2D eigenvalue weighted by Gasteiger charge is -2.07. The Morgan fingerprint density at radius 2 is 1.95 bits per heavy atom. The number of nitrogens with one attached hydrogen (secondary N) is 2. The molecule has 0 fully saturated rings. The van der Waals surface area contributed by atoms with Crippen LogP contribution < -0.4 is 5.32 Å². The van der Waals surface area contributed by atoms with Gasteiger partial charge >= 0.3 is 0 Å². The second kappa shape index (κ2) is 10.7. The van der Waals surface area contributed by atoms with Gasteiger partial charge in [-0.25, -0.2) is 9.37 Å². The van der Waals surface area contributed by atoms with E-state index in [2.05, 4.69) is 21.4 Å². The molecule has 0 spiro atoms. The van der Waals surface area contributed by atoms with E-state index in [1.807, 2.05) is 49.4 Å². The number of imidazole rings is 1. The van der Waals surface area contributed by atoms with Crippen LogP contribution in [0.2, 0.25) is 0 Å². The van der Waals surface area contributed by atoms with Gasteiger partial charge in [-0.05, 0) is 55.0 Å². The molecule has 5 aromatic rings. The fraction of sp³-hybridized carbons (Fsp3) is 0.172. The fourth-order valence-electron chi connectivity index (χ4n) is 4.22. The fourth-order valence-corrected chi connectivity index (χ4v) is 4.22. The van der Waals surface area contributed by atoms with E-state index in [0.29, 0.717) is 25.4 Å². The van der Waals surface area contributed by atoms with Crippen LogP contribution in [0.5, 0.6) is 0 Å². The van der Waals surface area contributed by atoms with Crippen molar-refractivity contribution in [1.82, 2.24) is 25.3 Å². The number of aromatic nitrogens is 4. The Morgan fingerprint density at radius 3 is 2.78 bits per heavy atom. The molecule has 0 bridgehead atoms. The number of ether oxygens (including phenoxy) is 1. The first-order valence-corrected chi connectivity index (χ1v) is 12.0. The molecule has 1 amide bonds. The number of benzene rings is 2. The highest BCUT2D eigenvalue weighted by molar-refractivity contribution is 5.94. The third kappa shape index (κ3) is 5.39. The minimum Gasteiger partial charge on any atom is -0.383 e. The number of hydrogen-bond acceptors (Lipinski definition) is 5. The van der Waals surface area contributed by atoms with E-state index in [4.69, 9.17) is 14.7 Å². The number of nitrogens with zero attached hydrogens (tertiary/aromatic N) is 3. The molecule has 0 saturated carbocycles. The third-order valence-corrected chi connectivity index (χ3v) is 6.01. The number of aryl methyl sites for hydroxylation is 1. The molecule has 2 aromatic carbocycles. The highest BCUT2D eigenvalue weighted by Gasteiger charge is 2.18. The Hall–Kier alpha value is -4.43. The SMILES string of the molecule is COCCNC(=O)c1cc(Cc2nc(-c3ccc4ncccc4c3)c(-c3cccc(C)n3)[nH]2)ccc1F. The maximum absolute atomic E-state index is 14.4. The minimum atomic E-state index is -0.576. The van der Waals surface area contributed by atoms with Crippen LogP contribution in [0, 0.1) is 12.7 Å². The highest BCUT2D eigenvalue weighted by atomic mass is 19.1. The molecule has 0 atom stereocenters. The molecule has 7 nitrogen and oxygen atoms in total. The monoisotopic (exact) mass is 495 g/mol. The lowest BCUT2D eigenvalue weighted by molar-refractivity contribution is 0.0933. The van der Waals surface area contributed by atoms with Crippen LogP contribution >= 0.6 is 0 Å². The number of halogens is 1. The maximum atomic E-state index is 14.4. The standard InChI is InChI=1S/C29H26FN5O2/c1-18-5-3-7-25(33-18)28-27(21-9-11-24-20(17-21)6-4-12-31-24)34-26(35-28)16-19-8-10-23(30)22(15-19)29(36)32-13-14-37-2/h3-12,15,17H,13-14,16H2,1-2H3,(H,32,36)(H,34,35). The summed E-state index contributed by atoms with van der Waals surface area (Å²) in [7, 11) is 1.54. The van der Waals surface area contributed by atoms with Crippen molar-refractivity contribution in [2.24, 2.45) is 0 Å². The molecule has 0 radical (unpaired) electrons. The van der Waals surface area contributed by atoms with Gasteiger partial charge in [0.1, 0.15) is 11.6 Å². The van der Waals surface area contributed by atoms with Crippen molar-refractivity contribution in [2.75, 3.05) is 20.3 Å². The molecule has 8 heteroatoms. The summed E-state index contributed by atoms with van der Waals surface area (Å²) < 4.78 is 19.4. The summed E-state index contributed by atoms with van der Waals surface area (Å²) in [4.78, 5) is 29.9. The first kappa shape index (κ1) is 24.3. The van der Waals surface area contributed by atoms with E-state index >= 15 is 0 Å². The zero-order valence-corrected chi connectivity index (χ0v) is 20.6.